The number of hydrogen-bond acceptors (Lipinski definition) is 3. The van der Waals surface area contributed by atoms with Crippen molar-refractivity contribution >= 4 is 27.5 Å². The van der Waals surface area contributed by atoms with Gasteiger partial charge in [-0.2, -0.15) is 0 Å². The van der Waals surface area contributed by atoms with Gasteiger partial charge in [-0.15, -0.1) is 0 Å². The molecule has 3 heteroatoms. The number of allylic oxidation sites excluding steroid dienone is 2. The van der Waals surface area contributed by atoms with Crippen LogP contribution >= 0.6 is 0 Å². The first-order chi connectivity index (χ1) is 14.8. The summed E-state index contributed by atoms with van der Waals surface area (Å²) >= 11 is 0. The normalized spacial score (nSPS) is 16.9. The molecule has 3 aromatic carbocycles. The third-order valence-electron chi connectivity index (χ3n) is 5.58. The van der Waals surface area contributed by atoms with E-state index in [9.17, 15) is 4.79 Å². The number of benzene rings is 3. The van der Waals surface area contributed by atoms with E-state index in [1.807, 2.05) is 12.2 Å². The highest BCUT2D eigenvalue weighted by atomic mass is 16.6. The summed E-state index contributed by atoms with van der Waals surface area (Å²) in [5, 5.41) is 5.64. The minimum absolute atomic E-state index is 0.168. The summed E-state index contributed by atoms with van der Waals surface area (Å²) in [5.74, 6) is -0.429. The molecule has 0 radical (unpaired) electrons. The Morgan fingerprint density at radius 3 is 2.67 bits per heavy atom. The molecule has 0 aromatic heterocycles. The quantitative estimate of drug-likeness (QED) is 0.306. The number of carbonyl (C=O) groups excluding carboxylic acids is 1. The fourth-order valence-corrected chi connectivity index (χ4v) is 4.09. The Kier molecular flexibility index (Phi) is 6.29. The van der Waals surface area contributed by atoms with Crippen LogP contribution < -0.4 is 0 Å². The van der Waals surface area contributed by atoms with E-state index in [4.69, 9.17) is 9.47 Å². The maximum absolute atomic E-state index is 10.6. The molecule has 30 heavy (non-hydrogen) atoms. The molecule has 5 rings (SSSR count). The van der Waals surface area contributed by atoms with Crippen molar-refractivity contribution < 1.29 is 14.3 Å². The van der Waals surface area contributed by atoms with E-state index in [0.717, 1.165) is 6.08 Å². The first-order valence-electron chi connectivity index (χ1n) is 10.5. The van der Waals surface area contributed by atoms with Crippen LogP contribution in [-0.2, 0) is 27.1 Å². The Labute approximate surface area is 177 Å². The Hall–Kier alpha value is -3.33. The topological polar surface area (TPSA) is 35.5 Å². The van der Waals surface area contributed by atoms with Crippen molar-refractivity contribution in [2.45, 2.75) is 31.8 Å². The zero-order valence-electron chi connectivity index (χ0n) is 17.1. The van der Waals surface area contributed by atoms with Gasteiger partial charge in [0.15, 0.2) is 6.10 Å². The molecule has 0 spiro atoms. The van der Waals surface area contributed by atoms with E-state index >= 15 is 0 Å². The minimum atomic E-state index is -0.429. The van der Waals surface area contributed by atoms with Gasteiger partial charge in [-0.1, -0.05) is 61.2 Å². The van der Waals surface area contributed by atoms with Gasteiger partial charge in [-0.3, -0.25) is 0 Å². The number of carbonyl (C=O) groups is 1. The average Bonchev–Trinajstić information content (AvgIpc) is 2.83. The van der Waals surface area contributed by atoms with Crippen LogP contribution in [0.15, 0.2) is 85.7 Å². The lowest BCUT2D eigenvalue weighted by Crippen LogP contribution is -2.18. The van der Waals surface area contributed by atoms with Gasteiger partial charge in [0.2, 0.25) is 0 Å². The van der Waals surface area contributed by atoms with E-state index in [1.165, 1.54) is 47.2 Å². The van der Waals surface area contributed by atoms with E-state index in [0.29, 0.717) is 0 Å². The lowest BCUT2D eigenvalue weighted by atomic mass is 9.86. The molecule has 0 saturated heterocycles. The fraction of sp³-hybridized carbons (Fsp3) is 0.222. The molecule has 0 saturated carbocycles. The Morgan fingerprint density at radius 2 is 1.83 bits per heavy atom. The Bertz CT molecular complexity index is 1120. The van der Waals surface area contributed by atoms with Gasteiger partial charge in [0.1, 0.15) is 6.61 Å². The van der Waals surface area contributed by atoms with Gasteiger partial charge in [-0.25, -0.2) is 4.79 Å². The molecule has 0 N–H and O–H groups in total. The van der Waals surface area contributed by atoms with Gasteiger partial charge >= 0.3 is 5.97 Å². The highest BCUT2D eigenvalue weighted by Gasteiger charge is 2.13. The zero-order chi connectivity index (χ0) is 20.8. The monoisotopic (exact) mass is 398 g/mol. The summed E-state index contributed by atoms with van der Waals surface area (Å²) in [4.78, 5) is 10.6. The van der Waals surface area contributed by atoms with Gasteiger partial charge in [0.05, 0.1) is 6.26 Å². The number of hydrogen-bond donors (Lipinski definition) is 0. The maximum Gasteiger partial charge on any atom is 0.330 e. The summed E-state index contributed by atoms with van der Waals surface area (Å²) in [6.45, 7) is 3.50. The molecule has 1 heterocycles. The summed E-state index contributed by atoms with van der Waals surface area (Å²) in [6, 6.07) is 18.0. The van der Waals surface area contributed by atoms with Crippen molar-refractivity contribution in [2.24, 2.45) is 0 Å². The molecule has 0 fully saturated rings. The van der Waals surface area contributed by atoms with Crippen LogP contribution in [0.4, 0.5) is 0 Å². The van der Waals surface area contributed by atoms with E-state index in [1.54, 1.807) is 23.5 Å². The molecule has 3 nitrogen and oxygen atoms in total. The second-order valence-electron chi connectivity index (χ2n) is 7.51. The van der Waals surface area contributed by atoms with E-state index < -0.39 is 5.97 Å². The smallest absolute Gasteiger partial charge is 0.330 e. The average molecular weight is 399 g/mol. The largest absolute Gasteiger partial charge is 0.490 e. The second-order valence-corrected chi connectivity index (χ2v) is 7.51. The van der Waals surface area contributed by atoms with Gasteiger partial charge in [0, 0.05) is 6.08 Å². The molecule has 2 aliphatic rings. The molecule has 1 aliphatic heterocycles. The molecule has 1 atom stereocenters. The van der Waals surface area contributed by atoms with Crippen molar-refractivity contribution in [3.63, 3.8) is 0 Å². The molecule has 1 aliphatic carbocycles. The van der Waals surface area contributed by atoms with Crippen molar-refractivity contribution in [3.05, 3.63) is 96.8 Å². The SMILES string of the molecule is C=CC(=O)OCC1C=CC=CO1.c1ccc2c(c1)ccc1c3c(ccc12)CCCC3. The van der Waals surface area contributed by atoms with Gasteiger partial charge in [0.25, 0.3) is 0 Å². The molecule has 1 unspecified atom stereocenters. The number of aryl methyl sites for hydroxylation is 2. The predicted octanol–water partition coefficient (Wildman–Crippen LogP) is 6.06. The standard InChI is InChI=1S/C18H16.C9H10O3/c1-3-7-15-13(5-1)9-11-18-16-8-4-2-6-14(16)10-12-17(15)18;1-2-9(10)12-7-8-5-3-4-6-11-8/h1,3,5,7,9-12H,2,4,6,8H2;2-6,8H,1,7H2. The molecule has 0 bridgehead atoms. The molecular weight excluding hydrogens is 372 g/mol. The molecule has 0 amide bonds. The van der Waals surface area contributed by atoms with Crippen LogP contribution in [0.1, 0.15) is 24.0 Å². The first-order valence-corrected chi connectivity index (χ1v) is 10.5. The Balaban J connectivity index is 0.000000159. The number of rotatable bonds is 3. The van der Waals surface area contributed by atoms with Crippen molar-refractivity contribution in [1.82, 2.24) is 0 Å². The third kappa shape index (κ3) is 4.46. The first kappa shape index (κ1) is 20.0. The highest BCUT2D eigenvalue weighted by molar-refractivity contribution is 6.08. The molecule has 3 aromatic rings. The highest BCUT2D eigenvalue weighted by Crippen LogP contribution is 2.33. The maximum atomic E-state index is 10.6. The number of ether oxygens (including phenoxy) is 2. The van der Waals surface area contributed by atoms with Crippen LogP contribution in [0, 0.1) is 0 Å². The van der Waals surface area contributed by atoms with Crippen LogP contribution in [0.25, 0.3) is 21.5 Å². The predicted molar refractivity (Wildman–Crippen MR) is 122 cm³/mol. The third-order valence-corrected chi connectivity index (χ3v) is 5.58. The minimum Gasteiger partial charge on any atom is -0.490 e. The Morgan fingerprint density at radius 1 is 1.00 bits per heavy atom. The van der Waals surface area contributed by atoms with Crippen LogP contribution in [-0.4, -0.2) is 18.7 Å². The number of esters is 1. The van der Waals surface area contributed by atoms with E-state index in [2.05, 4.69) is 55.1 Å². The summed E-state index contributed by atoms with van der Waals surface area (Å²) in [5.41, 5.74) is 3.17. The summed E-state index contributed by atoms with van der Waals surface area (Å²) in [6.07, 6.45) is 13.2. The zero-order valence-corrected chi connectivity index (χ0v) is 17.1. The van der Waals surface area contributed by atoms with Crippen molar-refractivity contribution in [3.8, 4) is 0 Å². The molecule has 152 valence electrons. The van der Waals surface area contributed by atoms with E-state index in [-0.39, 0.29) is 12.7 Å². The number of fused-ring (bicyclic) bond motifs is 5. The van der Waals surface area contributed by atoms with Crippen LogP contribution in [0.3, 0.4) is 0 Å². The lowest BCUT2D eigenvalue weighted by molar-refractivity contribution is -0.139. The van der Waals surface area contributed by atoms with Crippen LogP contribution in [0.2, 0.25) is 0 Å². The van der Waals surface area contributed by atoms with Crippen LogP contribution in [0.5, 0.6) is 0 Å². The fourth-order valence-electron chi connectivity index (χ4n) is 4.09. The van der Waals surface area contributed by atoms with Crippen molar-refractivity contribution in [1.29, 1.82) is 0 Å². The summed E-state index contributed by atoms with van der Waals surface area (Å²) < 4.78 is 9.86. The molecular formula is C27H26O3. The summed E-state index contributed by atoms with van der Waals surface area (Å²) in [7, 11) is 0. The second kappa shape index (κ2) is 9.45. The van der Waals surface area contributed by atoms with Gasteiger partial charge < -0.3 is 9.47 Å². The lowest BCUT2D eigenvalue weighted by Gasteiger charge is -2.18. The van der Waals surface area contributed by atoms with Crippen molar-refractivity contribution in [2.75, 3.05) is 6.61 Å². The van der Waals surface area contributed by atoms with Gasteiger partial charge in [-0.05, 0) is 70.5 Å².